The van der Waals surface area contributed by atoms with E-state index in [0.29, 0.717) is 37.9 Å². The molecule has 4 rings (SSSR count). The molecule has 1 N–H and O–H groups in total. The molecule has 0 radical (unpaired) electrons. The lowest BCUT2D eigenvalue weighted by molar-refractivity contribution is -0.151. The lowest BCUT2D eigenvalue weighted by Crippen LogP contribution is -2.60. The average Bonchev–Trinajstić information content (AvgIpc) is 3.05. The quantitative estimate of drug-likeness (QED) is 0.514. The largest absolute Gasteiger partial charge is 0.465 e. The van der Waals surface area contributed by atoms with E-state index in [2.05, 4.69) is 10.3 Å². The topological polar surface area (TPSA) is 91.8 Å². The van der Waals surface area contributed by atoms with Crippen molar-refractivity contribution in [1.82, 2.24) is 20.1 Å². The highest BCUT2D eigenvalue weighted by atomic mass is 35.5. The second kappa shape index (κ2) is 9.89. The second-order valence-electron chi connectivity index (χ2n) is 8.31. The number of aromatic nitrogens is 1. The van der Waals surface area contributed by atoms with Crippen molar-refractivity contribution in [3.63, 3.8) is 0 Å². The molecule has 3 heterocycles. The van der Waals surface area contributed by atoms with E-state index in [0.717, 1.165) is 5.56 Å². The molecule has 33 heavy (non-hydrogen) atoms. The molecular formula is C24H27ClN4O4. The Bertz CT molecular complexity index is 1020. The summed E-state index contributed by atoms with van der Waals surface area (Å²) in [5.74, 6) is -0.679. The fraction of sp³-hybridized carbons (Fsp3) is 0.417. The Morgan fingerprint density at radius 3 is 2.61 bits per heavy atom. The second-order valence-corrected chi connectivity index (χ2v) is 8.69. The van der Waals surface area contributed by atoms with Crippen molar-refractivity contribution in [2.75, 3.05) is 26.2 Å². The molecule has 1 aromatic heterocycles. The number of hydrogen-bond acceptors (Lipinski definition) is 6. The van der Waals surface area contributed by atoms with Crippen LogP contribution < -0.4 is 5.32 Å². The Labute approximate surface area is 197 Å². The predicted molar refractivity (Wildman–Crippen MR) is 123 cm³/mol. The monoisotopic (exact) mass is 470 g/mol. The highest BCUT2D eigenvalue weighted by Crippen LogP contribution is 2.34. The van der Waals surface area contributed by atoms with E-state index in [1.54, 1.807) is 28.9 Å². The third-order valence-corrected chi connectivity index (χ3v) is 6.46. The van der Waals surface area contributed by atoms with E-state index in [1.807, 2.05) is 30.3 Å². The van der Waals surface area contributed by atoms with Gasteiger partial charge in [0.2, 0.25) is 5.91 Å². The van der Waals surface area contributed by atoms with Crippen LogP contribution in [0.2, 0.25) is 5.15 Å². The van der Waals surface area contributed by atoms with Gasteiger partial charge in [0.1, 0.15) is 11.7 Å². The number of amides is 2. The molecule has 0 aliphatic carbocycles. The summed E-state index contributed by atoms with van der Waals surface area (Å²) in [6.07, 6.45) is 3.05. The van der Waals surface area contributed by atoms with Gasteiger partial charge in [-0.25, -0.2) is 4.98 Å². The third-order valence-electron chi connectivity index (χ3n) is 6.25. The minimum absolute atomic E-state index is 0.112. The molecular weight excluding hydrogens is 444 g/mol. The van der Waals surface area contributed by atoms with Gasteiger partial charge in [-0.1, -0.05) is 41.9 Å². The van der Waals surface area contributed by atoms with Gasteiger partial charge in [-0.15, -0.1) is 0 Å². The number of nitrogens with zero attached hydrogens (tertiary/aromatic N) is 3. The molecule has 8 nitrogen and oxygen atoms in total. The van der Waals surface area contributed by atoms with Crippen LogP contribution in [0.1, 0.15) is 35.7 Å². The van der Waals surface area contributed by atoms with E-state index < -0.39 is 17.7 Å². The summed E-state index contributed by atoms with van der Waals surface area (Å²) in [7, 11) is 0. The van der Waals surface area contributed by atoms with Crippen molar-refractivity contribution >= 4 is 29.4 Å². The molecule has 1 spiro atoms. The maximum absolute atomic E-state index is 13.4. The summed E-state index contributed by atoms with van der Waals surface area (Å²) in [6.45, 7) is 2.77. The minimum Gasteiger partial charge on any atom is -0.465 e. The summed E-state index contributed by atoms with van der Waals surface area (Å²) in [5, 5.41) is 3.78. The first-order valence-corrected chi connectivity index (χ1v) is 11.5. The molecule has 2 aliphatic rings. The number of esters is 1. The van der Waals surface area contributed by atoms with Gasteiger partial charge in [0.15, 0.2) is 0 Å². The number of piperidine rings is 1. The van der Waals surface area contributed by atoms with Crippen molar-refractivity contribution in [3.8, 4) is 0 Å². The normalized spacial score (nSPS) is 19.7. The van der Waals surface area contributed by atoms with Crippen LogP contribution in [-0.2, 0) is 20.7 Å². The summed E-state index contributed by atoms with van der Waals surface area (Å²) < 4.78 is 5.12. The number of nitrogens with one attached hydrogen (secondary N) is 1. The molecule has 2 aliphatic heterocycles. The first kappa shape index (κ1) is 23.2. The molecule has 174 valence electrons. The van der Waals surface area contributed by atoms with Gasteiger partial charge in [-0.2, -0.15) is 0 Å². The van der Waals surface area contributed by atoms with Gasteiger partial charge >= 0.3 is 5.97 Å². The Balaban J connectivity index is 1.51. The molecule has 2 aromatic rings. The number of carbonyl (C=O) groups is 3. The number of carbonyl (C=O) groups excluding carboxylic acids is 3. The predicted octanol–water partition coefficient (Wildman–Crippen LogP) is 2.27. The van der Waals surface area contributed by atoms with Gasteiger partial charge in [0.05, 0.1) is 18.3 Å². The molecule has 9 heteroatoms. The number of rotatable bonds is 6. The number of likely N-dealkylation sites (tertiary alicyclic amines) is 1. The van der Waals surface area contributed by atoms with E-state index in [4.69, 9.17) is 16.3 Å². The van der Waals surface area contributed by atoms with Crippen LogP contribution in [0.3, 0.4) is 0 Å². The molecule has 1 atom stereocenters. The van der Waals surface area contributed by atoms with E-state index in [-0.39, 0.29) is 30.1 Å². The Morgan fingerprint density at radius 2 is 1.94 bits per heavy atom. The van der Waals surface area contributed by atoms with Crippen LogP contribution in [0.5, 0.6) is 0 Å². The lowest BCUT2D eigenvalue weighted by Gasteiger charge is -2.44. The zero-order valence-electron chi connectivity index (χ0n) is 18.5. The lowest BCUT2D eigenvalue weighted by atomic mass is 9.95. The molecule has 0 saturated carbocycles. The summed E-state index contributed by atoms with van der Waals surface area (Å²) >= 11 is 5.94. The van der Waals surface area contributed by atoms with Crippen LogP contribution in [-0.4, -0.2) is 70.5 Å². The highest BCUT2D eigenvalue weighted by Gasteiger charge is 2.52. The summed E-state index contributed by atoms with van der Waals surface area (Å²) in [6, 6.07) is 12.5. The number of benzene rings is 1. The van der Waals surface area contributed by atoms with Gasteiger partial charge in [0.25, 0.3) is 5.91 Å². The van der Waals surface area contributed by atoms with Crippen molar-refractivity contribution < 1.29 is 19.1 Å². The zero-order valence-corrected chi connectivity index (χ0v) is 19.3. The standard InChI is InChI=1S/C24H27ClN4O4/c1-2-33-21(30)16-29-23(32)19(14-17-6-4-3-5-7-17)27-24(29)9-12-28(13-10-24)22(31)18-8-11-26-20(25)15-18/h3-8,11,15,19,27H,2,9-10,12-14,16H2,1H3. The van der Waals surface area contributed by atoms with Crippen molar-refractivity contribution in [3.05, 3.63) is 64.9 Å². The summed E-state index contributed by atoms with van der Waals surface area (Å²) in [5.41, 5.74) is 0.820. The van der Waals surface area contributed by atoms with Gasteiger partial charge in [-0.3, -0.25) is 19.7 Å². The van der Waals surface area contributed by atoms with Crippen LogP contribution in [0, 0.1) is 0 Å². The van der Waals surface area contributed by atoms with E-state index in [9.17, 15) is 14.4 Å². The van der Waals surface area contributed by atoms with Gasteiger partial charge in [-0.05, 0) is 31.0 Å². The number of ether oxygens (including phenoxy) is 1. The molecule has 2 amide bonds. The van der Waals surface area contributed by atoms with E-state index >= 15 is 0 Å². The average molecular weight is 471 g/mol. The zero-order chi connectivity index (χ0) is 23.4. The molecule has 2 fully saturated rings. The molecule has 0 bridgehead atoms. The minimum atomic E-state index is -0.698. The van der Waals surface area contributed by atoms with Crippen LogP contribution in [0.4, 0.5) is 0 Å². The highest BCUT2D eigenvalue weighted by molar-refractivity contribution is 6.29. The fourth-order valence-electron chi connectivity index (χ4n) is 4.63. The van der Waals surface area contributed by atoms with E-state index in [1.165, 1.54) is 6.20 Å². The molecule has 2 saturated heterocycles. The van der Waals surface area contributed by atoms with Gasteiger partial charge < -0.3 is 14.5 Å². The number of halogens is 1. The van der Waals surface area contributed by atoms with Crippen LogP contribution >= 0.6 is 11.6 Å². The fourth-order valence-corrected chi connectivity index (χ4v) is 4.80. The Kier molecular flexibility index (Phi) is 6.95. The summed E-state index contributed by atoms with van der Waals surface area (Å²) in [4.78, 5) is 45.9. The number of pyridine rings is 1. The third kappa shape index (κ3) is 5.02. The van der Waals surface area contributed by atoms with Crippen LogP contribution in [0.15, 0.2) is 48.7 Å². The number of hydrogen-bond donors (Lipinski definition) is 1. The van der Waals surface area contributed by atoms with Gasteiger partial charge in [0, 0.05) is 37.7 Å². The SMILES string of the molecule is CCOC(=O)CN1C(=O)C(Cc2ccccc2)NC12CCN(C(=O)c1ccnc(Cl)c1)CC2. The maximum Gasteiger partial charge on any atom is 0.325 e. The Morgan fingerprint density at radius 1 is 1.21 bits per heavy atom. The van der Waals surface area contributed by atoms with Crippen molar-refractivity contribution in [2.45, 2.75) is 37.9 Å². The van der Waals surface area contributed by atoms with Crippen LogP contribution in [0.25, 0.3) is 0 Å². The van der Waals surface area contributed by atoms with Crippen molar-refractivity contribution in [1.29, 1.82) is 0 Å². The first-order chi connectivity index (χ1) is 15.9. The molecule has 1 aromatic carbocycles. The molecule has 1 unspecified atom stereocenters. The first-order valence-electron chi connectivity index (χ1n) is 11.1. The maximum atomic E-state index is 13.4. The smallest absolute Gasteiger partial charge is 0.325 e. The Hall–Kier alpha value is -2.97. The van der Waals surface area contributed by atoms with Crippen molar-refractivity contribution in [2.24, 2.45) is 0 Å².